The summed E-state index contributed by atoms with van der Waals surface area (Å²) in [5.74, 6) is -0.438. The van der Waals surface area contributed by atoms with Gasteiger partial charge in [-0.15, -0.1) is 4.68 Å². The van der Waals surface area contributed by atoms with Crippen LogP contribution in [-0.2, 0) is 14.3 Å². The molecule has 0 radical (unpaired) electrons. The first-order valence-corrected chi connectivity index (χ1v) is 19.6. The molecule has 12 heteroatoms. The zero-order valence-corrected chi connectivity index (χ0v) is 33.4. The maximum Gasteiger partial charge on any atom is 0.457 e. The summed E-state index contributed by atoms with van der Waals surface area (Å²) in [6.07, 6.45) is 6.79. The van der Waals surface area contributed by atoms with Gasteiger partial charge in [-0.1, -0.05) is 79.1 Å². The molecule has 0 spiro atoms. The molecule has 2 heterocycles. The number of hydrogen-bond donors (Lipinski definition) is 2. The van der Waals surface area contributed by atoms with E-state index in [4.69, 9.17) is 15.2 Å². The molecule has 2 bridgehead atoms. The van der Waals surface area contributed by atoms with Crippen molar-refractivity contribution in [2.75, 3.05) is 19.8 Å². The number of nitro groups is 1. The molecule has 12 atom stereocenters. The highest BCUT2D eigenvalue weighted by atomic mass is 79.9. The summed E-state index contributed by atoms with van der Waals surface area (Å²) in [4.78, 5) is 29.7. The Balaban J connectivity index is 1.55. The van der Waals surface area contributed by atoms with Gasteiger partial charge in [0, 0.05) is 26.9 Å². The van der Waals surface area contributed by atoms with Crippen molar-refractivity contribution in [2.45, 2.75) is 125 Å². The number of halogens is 1. The van der Waals surface area contributed by atoms with E-state index >= 15 is 0 Å². The lowest BCUT2D eigenvalue weighted by molar-refractivity contribution is -0.399. The number of rotatable bonds is 9. The lowest BCUT2D eigenvalue weighted by atomic mass is 9.34. The average Bonchev–Trinajstić information content (AvgIpc) is 3.41. The number of carboxylic acids is 1. The predicted octanol–water partition coefficient (Wildman–Crippen LogP) is 7.84. The second kappa shape index (κ2) is 12.3. The van der Waals surface area contributed by atoms with Gasteiger partial charge in [-0.3, -0.25) is 4.79 Å². The number of aromatic nitrogens is 3. The second-order valence-corrected chi connectivity index (χ2v) is 19.6. The van der Waals surface area contributed by atoms with Crippen LogP contribution >= 0.6 is 15.9 Å². The summed E-state index contributed by atoms with van der Waals surface area (Å²) < 4.78 is 15.4. The number of fused-ring (bicyclic) bond motifs is 3. The molecule has 5 aliphatic rings. The Morgan fingerprint density at radius 3 is 2.46 bits per heavy atom. The minimum Gasteiger partial charge on any atom is -0.481 e. The molecule has 0 amide bonds. The Labute approximate surface area is 306 Å². The van der Waals surface area contributed by atoms with E-state index in [-0.39, 0.29) is 57.2 Å². The topological polar surface area (TPSA) is 156 Å². The van der Waals surface area contributed by atoms with Crippen molar-refractivity contribution in [3.8, 4) is 0 Å². The molecule has 6 rings (SSSR count). The SMILES string of the molecule is CC(C)[C@@H](C)[C@@]1(C)CC[C@]2(C)[C@H]3CC[C@@H]4[C@@]5(C)COC[C@@]4(C3=CC[C@@]2(C)[C@@H]1C(=O)O)[C@@H](OC[C@](C)(N)C(C)C)[C@H](n1nc(Br)nc1[N+](=O)[O-])C5. The van der Waals surface area contributed by atoms with Gasteiger partial charge in [-0.05, 0) is 107 Å². The van der Waals surface area contributed by atoms with Crippen molar-refractivity contribution in [3.05, 3.63) is 26.5 Å². The highest BCUT2D eigenvalue weighted by Crippen LogP contribution is 2.75. The van der Waals surface area contributed by atoms with Crippen LogP contribution in [0, 0.1) is 72.7 Å². The van der Waals surface area contributed by atoms with E-state index in [1.807, 2.05) is 6.92 Å². The first kappa shape index (κ1) is 37.9. The minimum absolute atomic E-state index is 0.112. The van der Waals surface area contributed by atoms with E-state index in [0.717, 1.165) is 25.7 Å². The van der Waals surface area contributed by atoms with E-state index in [2.05, 4.69) is 94.4 Å². The quantitative estimate of drug-likeness (QED) is 0.145. The summed E-state index contributed by atoms with van der Waals surface area (Å²) in [7, 11) is 0. The van der Waals surface area contributed by atoms with E-state index in [1.54, 1.807) is 0 Å². The number of nitrogens with zero attached hydrogens (tertiary/aromatic N) is 4. The fourth-order valence-electron chi connectivity index (χ4n) is 12.2. The largest absolute Gasteiger partial charge is 0.481 e. The zero-order chi connectivity index (χ0) is 37.0. The molecule has 4 aliphatic carbocycles. The standard InChI is InChI=1S/C38H60BrN5O6/c1-21(2)23(5)34(7)15-16-35(8)24-11-12-27-33(6)17-26(43-32(44(47)48)41-31(39)42-43)29(50-19-37(10,40)22(3)4)38(27,20-49-18-33)25(24)13-14-36(35,9)28(34)30(45)46/h13,21-24,26-29H,11-12,14-20,40H2,1-10H3,(H,45,46)/t23-,24+,26-,27-,28-,29+,33-,34-,35-,36+,37+,38+/m1/s1. The molecule has 1 saturated heterocycles. The first-order valence-electron chi connectivity index (χ1n) is 18.8. The monoisotopic (exact) mass is 761 g/mol. The Morgan fingerprint density at radius 2 is 1.86 bits per heavy atom. The van der Waals surface area contributed by atoms with Crippen LogP contribution in [0.3, 0.4) is 0 Å². The van der Waals surface area contributed by atoms with Gasteiger partial charge in [0.05, 0.1) is 25.7 Å². The van der Waals surface area contributed by atoms with Crippen LogP contribution in [0.15, 0.2) is 16.4 Å². The molecule has 1 aromatic heterocycles. The number of allylic oxidation sites excluding steroid dienone is 1. The van der Waals surface area contributed by atoms with Crippen molar-refractivity contribution < 1.29 is 24.3 Å². The summed E-state index contributed by atoms with van der Waals surface area (Å²) in [5, 5.41) is 28.1. The van der Waals surface area contributed by atoms with E-state index in [0.29, 0.717) is 32.0 Å². The van der Waals surface area contributed by atoms with Gasteiger partial charge in [0.25, 0.3) is 0 Å². The third-order valence-corrected chi connectivity index (χ3v) is 16.3. The van der Waals surface area contributed by atoms with Crippen LogP contribution in [0.1, 0.15) is 114 Å². The smallest absolute Gasteiger partial charge is 0.457 e. The molecule has 0 unspecified atom stereocenters. The second-order valence-electron chi connectivity index (χ2n) is 18.9. The highest BCUT2D eigenvalue weighted by molar-refractivity contribution is 9.10. The Hall–Kier alpha value is -1.89. The number of ether oxygens (including phenoxy) is 2. The lowest BCUT2D eigenvalue weighted by Crippen LogP contribution is -2.70. The molecule has 11 nitrogen and oxygen atoms in total. The zero-order valence-electron chi connectivity index (χ0n) is 31.8. The van der Waals surface area contributed by atoms with Crippen molar-refractivity contribution in [2.24, 2.45) is 68.3 Å². The molecule has 3 N–H and O–H groups in total. The maximum absolute atomic E-state index is 13.5. The molecular weight excluding hydrogens is 702 g/mol. The molecule has 4 fully saturated rings. The fourth-order valence-corrected chi connectivity index (χ4v) is 12.5. The van der Waals surface area contributed by atoms with E-state index < -0.39 is 45.3 Å². The van der Waals surface area contributed by atoms with Crippen LogP contribution in [0.25, 0.3) is 0 Å². The molecular formula is C38H60BrN5O6. The van der Waals surface area contributed by atoms with Crippen LogP contribution in [0.5, 0.6) is 0 Å². The van der Waals surface area contributed by atoms with E-state index in [1.165, 1.54) is 10.3 Å². The van der Waals surface area contributed by atoms with Crippen molar-refractivity contribution >= 4 is 27.8 Å². The van der Waals surface area contributed by atoms with Crippen LogP contribution in [0.2, 0.25) is 0 Å². The van der Waals surface area contributed by atoms with Gasteiger partial charge in [0.1, 0.15) is 12.1 Å². The average molecular weight is 763 g/mol. The number of hydrogen-bond acceptors (Lipinski definition) is 8. The molecule has 50 heavy (non-hydrogen) atoms. The third-order valence-electron chi connectivity index (χ3n) is 16.0. The van der Waals surface area contributed by atoms with Gasteiger partial charge < -0.3 is 30.4 Å². The molecule has 1 aliphatic heterocycles. The predicted molar refractivity (Wildman–Crippen MR) is 194 cm³/mol. The number of carboxylic acid groups (broad SMARTS) is 1. The summed E-state index contributed by atoms with van der Waals surface area (Å²) in [5.41, 5.74) is 5.51. The number of carbonyl (C=O) groups is 1. The Morgan fingerprint density at radius 1 is 1.18 bits per heavy atom. The van der Waals surface area contributed by atoms with Gasteiger partial charge in [0.2, 0.25) is 0 Å². The van der Waals surface area contributed by atoms with Crippen molar-refractivity contribution in [1.82, 2.24) is 14.8 Å². The van der Waals surface area contributed by atoms with Crippen molar-refractivity contribution in [1.29, 1.82) is 0 Å². The van der Waals surface area contributed by atoms with Crippen molar-refractivity contribution in [3.63, 3.8) is 0 Å². The molecule has 280 valence electrons. The summed E-state index contributed by atoms with van der Waals surface area (Å²) >= 11 is 3.33. The maximum atomic E-state index is 13.5. The van der Waals surface area contributed by atoms with Gasteiger partial charge in [-0.2, -0.15) is 0 Å². The third kappa shape index (κ3) is 5.22. The molecule has 3 saturated carbocycles. The van der Waals surface area contributed by atoms with Gasteiger partial charge in [-0.25, -0.2) is 0 Å². The Bertz CT molecular complexity index is 1560. The minimum atomic E-state index is -0.690. The molecule has 1 aromatic rings. The van der Waals surface area contributed by atoms with Gasteiger partial charge >= 0.3 is 16.7 Å². The normalized spacial score (nSPS) is 42.9. The number of nitrogens with two attached hydrogens (primary N) is 1. The number of aliphatic carboxylic acids is 1. The lowest BCUT2D eigenvalue weighted by Gasteiger charge is -2.71. The fraction of sp³-hybridized carbons (Fsp3) is 0.868. The van der Waals surface area contributed by atoms with Crippen LogP contribution in [-0.4, -0.2) is 62.2 Å². The van der Waals surface area contributed by atoms with Crippen LogP contribution in [0.4, 0.5) is 5.95 Å². The van der Waals surface area contributed by atoms with Gasteiger partial charge in [0.15, 0.2) is 0 Å². The highest BCUT2D eigenvalue weighted by Gasteiger charge is 2.73. The molecule has 0 aromatic carbocycles. The van der Waals surface area contributed by atoms with E-state index in [9.17, 15) is 20.0 Å². The Kier molecular flexibility index (Phi) is 9.34. The first-order chi connectivity index (χ1) is 23.1. The summed E-state index contributed by atoms with van der Waals surface area (Å²) in [6.45, 7) is 23.2. The summed E-state index contributed by atoms with van der Waals surface area (Å²) in [6, 6.07) is -0.489. The van der Waals surface area contributed by atoms with Crippen LogP contribution < -0.4 is 5.73 Å².